The largest absolute Gasteiger partial charge is 0.369 e. The zero-order valence-corrected chi connectivity index (χ0v) is 11.9. The summed E-state index contributed by atoms with van der Waals surface area (Å²) < 4.78 is 1.89. The van der Waals surface area contributed by atoms with Crippen LogP contribution in [0.4, 0.5) is 5.95 Å². The highest BCUT2D eigenvalue weighted by Gasteiger charge is 2.14. The third kappa shape index (κ3) is 2.12. The number of imidazole rings is 1. The highest BCUT2D eigenvalue weighted by atomic mass is 35.5. The SMILES string of the molecule is CCCc1ccccc1-n1c(N)nc2cc(Cl)cnc21. The molecule has 0 unspecified atom stereocenters. The Bertz CT molecular complexity index is 764. The molecule has 0 saturated heterocycles. The van der Waals surface area contributed by atoms with Crippen molar-refractivity contribution in [2.75, 3.05) is 5.73 Å². The van der Waals surface area contributed by atoms with Gasteiger partial charge in [-0.2, -0.15) is 0 Å². The lowest BCUT2D eigenvalue weighted by Crippen LogP contribution is -2.04. The zero-order valence-electron chi connectivity index (χ0n) is 11.2. The lowest BCUT2D eigenvalue weighted by Gasteiger charge is -2.11. The van der Waals surface area contributed by atoms with Crippen LogP contribution in [0.25, 0.3) is 16.9 Å². The smallest absolute Gasteiger partial charge is 0.207 e. The molecule has 5 heteroatoms. The summed E-state index contributed by atoms with van der Waals surface area (Å²) >= 11 is 5.95. The number of benzene rings is 1. The highest BCUT2D eigenvalue weighted by molar-refractivity contribution is 6.31. The summed E-state index contributed by atoms with van der Waals surface area (Å²) in [5.41, 5.74) is 9.78. The Kier molecular flexibility index (Phi) is 3.32. The first-order chi connectivity index (χ1) is 9.70. The second kappa shape index (κ2) is 5.13. The van der Waals surface area contributed by atoms with E-state index in [2.05, 4.69) is 23.0 Å². The number of fused-ring (bicyclic) bond motifs is 1. The number of pyridine rings is 1. The molecule has 0 bridgehead atoms. The van der Waals surface area contributed by atoms with E-state index >= 15 is 0 Å². The van der Waals surface area contributed by atoms with Crippen LogP contribution in [0.15, 0.2) is 36.5 Å². The van der Waals surface area contributed by atoms with Crippen LogP contribution in [0, 0.1) is 0 Å². The van der Waals surface area contributed by atoms with Crippen molar-refractivity contribution in [3.63, 3.8) is 0 Å². The van der Waals surface area contributed by atoms with Crippen LogP contribution >= 0.6 is 11.6 Å². The predicted molar refractivity (Wildman–Crippen MR) is 82.3 cm³/mol. The fourth-order valence-corrected chi connectivity index (χ4v) is 2.56. The molecule has 2 heterocycles. The zero-order chi connectivity index (χ0) is 14.1. The molecule has 0 radical (unpaired) electrons. The maximum Gasteiger partial charge on any atom is 0.207 e. The lowest BCUT2D eigenvalue weighted by molar-refractivity contribution is 0.903. The van der Waals surface area contributed by atoms with Crippen molar-refractivity contribution < 1.29 is 0 Å². The molecule has 2 aromatic heterocycles. The van der Waals surface area contributed by atoms with Crippen molar-refractivity contribution in [2.24, 2.45) is 0 Å². The van der Waals surface area contributed by atoms with Gasteiger partial charge in [-0.05, 0) is 24.1 Å². The van der Waals surface area contributed by atoms with Gasteiger partial charge in [-0.15, -0.1) is 0 Å². The summed E-state index contributed by atoms with van der Waals surface area (Å²) in [5, 5.41) is 0.559. The van der Waals surface area contributed by atoms with Crippen molar-refractivity contribution in [1.29, 1.82) is 0 Å². The van der Waals surface area contributed by atoms with Gasteiger partial charge in [0.15, 0.2) is 5.65 Å². The number of nitrogens with zero attached hydrogens (tertiary/aromatic N) is 3. The van der Waals surface area contributed by atoms with Crippen LogP contribution < -0.4 is 5.73 Å². The van der Waals surface area contributed by atoms with Crippen LogP contribution in [0.2, 0.25) is 5.02 Å². The molecule has 0 amide bonds. The third-order valence-corrected chi connectivity index (χ3v) is 3.45. The first-order valence-corrected chi connectivity index (χ1v) is 6.96. The number of nitrogen functional groups attached to an aromatic ring is 1. The Balaban J connectivity index is 2.27. The second-order valence-electron chi connectivity index (χ2n) is 4.68. The molecule has 3 aromatic rings. The minimum absolute atomic E-state index is 0.429. The van der Waals surface area contributed by atoms with Crippen LogP contribution in [0.3, 0.4) is 0 Å². The van der Waals surface area contributed by atoms with E-state index in [9.17, 15) is 0 Å². The standard InChI is InChI=1S/C15H15ClN4/c1-2-5-10-6-3-4-7-13(10)20-14-12(19-15(20)17)8-11(16)9-18-14/h3-4,6-9H,2,5H2,1H3,(H2,17,19). The molecule has 2 N–H and O–H groups in total. The van der Waals surface area contributed by atoms with Crippen LogP contribution in [0.1, 0.15) is 18.9 Å². The van der Waals surface area contributed by atoms with E-state index in [4.69, 9.17) is 17.3 Å². The number of rotatable bonds is 3. The Morgan fingerprint density at radius 3 is 2.90 bits per heavy atom. The van der Waals surface area contributed by atoms with Crippen LogP contribution in [-0.2, 0) is 6.42 Å². The molecule has 0 spiro atoms. The lowest BCUT2D eigenvalue weighted by atomic mass is 10.1. The molecule has 0 aliphatic rings. The summed E-state index contributed by atoms with van der Waals surface area (Å²) in [7, 11) is 0. The summed E-state index contributed by atoms with van der Waals surface area (Å²) in [6.45, 7) is 2.16. The monoisotopic (exact) mass is 286 g/mol. The van der Waals surface area contributed by atoms with E-state index < -0.39 is 0 Å². The first kappa shape index (κ1) is 12.9. The molecule has 1 aromatic carbocycles. The van der Waals surface area contributed by atoms with Gasteiger partial charge >= 0.3 is 0 Å². The van der Waals surface area contributed by atoms with Crippen molar-refractivity contribution in [3.05, 3.63) is 47.1 Å². The van der Waals surface area contributed by atoms with Gasteiger partial charge < -0.3 is 5.73 Å². The normalized spacial score (nSPS) is 11.1. The van der Waals surface area contributed by atoms with Gasteiger partial charge in [-0.25, -0.2) is 9.97 Å². The van der Waals surface area contributed by atoms with Gasteiger partial charge in [0.25, 0.3) is 0 Å². The average Bonchev–Trinajstić information content (AvgIpc) is 2.75. The summed E-state index contributed by atoms with van der Waals surface area (Å²) in [4.78, 5) is 8.71. The average molecular weight is 287 g/mol. The summed E-state index contributed by atoms with van der Waals surface area (Å²) in [6, 6.07) is 9.96. The molecule has 3 rings (SSSR count). The molecule has 20 heavy (non-hydrogen) atoms. The number of nitrogens with two attached hydrogens (primary N) is 1. The van der Waals surface area contributed by atoms with E-state index in [1.807, 2.05) is 22.8 Å². The van der Waals surface area contributed by atoms with Crippen molar-refractivity contribution in [3.8, 4) is 5.69 Å². The van der Waals surface area contributed by atoms with E-state index in [0.717, 1.165) is 24.2 Å². The van der Waals surface area contributed by atoms with E-state index in [0.29, 0.717) is 16.5 Å². The Labute approximate surface area is 122 Å². The van der Waals surface area contributed by atoms with Gasteiger partial charge in [-0.3, -0.25) is 4.57 Å². The van der Waals surface area contributed by atoms with Gasteiger partial charge in [-0.1, -0.05) is 43.1 Å². The number of hydrogen-bond donors (Lipinski definition) is 1. The van der Waals surface area contributed by atoms with Crippen molar-refractivity contribution in [2.45, 2.75) is 19.8 Å². The van der Waals surface area contributed by atoms with E-state index in [1.54, 1.807) is 12.3 Å². The third-order valence-electron chi connectivity index (χ3n) is 3.24. The molecule has 0 aliphatic heterocycles. The minimum atomic E-state index is 0.429. The maximum absolute atomic E-state index is 6.07. The minimum Gasteiger partial charge on any atom is -0.369 e. The molecule has 0 aliphatic carbocycles. The van der Waals surface area contributed by atoms with Gasteiger partial charge in [0.1, 0.15) is 5.52 Å². The Hall–Kier alpha value is -2.07. The highest BCUT2D eigenvalue weighted by Crippen LogP contribution is 2.26. The molecule has 102 valence electrons. The number of halogens is 1. The summed E-state index contributed by atoms with van der Waals surface area (Å²) in [6.07, 6.45) is 3.68. The predicted octanol–water partition coefficient (Wildman–Crippen LogP) is 3.61. The van der Waals surface area contributed by atoms with Gasteiger partial charge in [0.2, 0.25) is 5.95 Å². The summed E-state index contributed by atoms with van der Waals surface area (Å²) in [5.74, 6) is 0.429. The fraction of sp³-hybridized carbons (Fsp3) is 0.200. The number of para-hydroxylation sites is 1. The fourth-order valence-electron chi connectivity index (χ4n) is 2.41. The number of aromatic nitrogens is 3. The first-order valence-electron chi connectivity index (χ1n) is 6.58. The molecular formula is C15H15ClN4. The molecular weight excluding hydrogens is 272 g/mol. The second-order valence-corrected chi connectivity index (χ2v) is 5.12. The van der Waals surface area contributed by atoms with Crippen LogP contribution in [0.5, 0.6) is 0 Å². The van der Waals surface area contributed by atoms with Crippen LogP contribution in [-0.4, -0.2) is 14.5 Å². The van der Waals surface area contributed by atoms with Gasteiger partial charge in [0, 0.05) is 6.20 Å². The van der Waals surface area contributed by atoms with Gasteiger partial charge in [0.05, 0.1) is 10.7 Å². The number of aryl methyl sites for hydroxylation is 1. The van der Waals surface area contributed by atoms with Crippen molar-refractivity contribution >= 4 is 28.7 Å². The number of hydrogen-bond acceptors (Lipinski definition) is 3. The molecule has 0 saturated carbocycles. The number of anilines is 1. The quantitative estimate of drug-likeness (QED) is 0.800. The Morgan fingerprint density at radius 2 is 2.10 bits per heavy atom. The van der Waals surface area contributed by atoms with E-state index in [1.165, 1.54) is 5.56 Å². The molecule has 0 atom stereocenters. The molecule has 4 nitrogen and oxygen atoms in total. The van der Waals surface area contributed by atoms with E-state index in [-0.39, 0.29) is 0 Å². The molecule has 0 fully saturated rings. The topological polar surface area (TPSA) is 56.7 Å². The Morgan fingerprint density at radius 1 is 1.30 bits per heavy atom. The van der Waals surface area contributed by atoms with Crippen molar-refractivity contribution in [1.82, 2.24) is 14.5 Å². The maximum atomic E-state index is 6.07.